The molecule has 2 rings (SSSR count). The Kier molecular flexibility index (Phi) is 3.37. The van der Waals surface area contributed by atoms with E-state index in [1.54, 1.807) is 4.31 Å². The summed E-state index contributed by atoms with van der Waals surface area (Å²) in [5.74, 6) is 0. The van der Waals surface area contributed by atoms with Crippen molar-refractivity contribution in [3.8, 4) is 0 Å². The Morgan fingerprint density at radius 3 is 2.50 bits per heavy atom. The molecular weight excluding hydrogens is 290 g/mol. The van der Waals surface area contributed by atoms with Gasteiger partial charge in [-0.25, -0.2) is 8.42 Å². The largest absolute Gasteiger partial charge is 0.212 e. The average molecular weight is 304 g/mol. The predicted octanol–water partition coefficient (Wildman–Crippen LogP) is 2.55. The summed E-state index contributed by atoms with van der Waals surface area (Å²) < 4.78 is 25.8. The van der Waals surface area contributed by atoms with Crippen LogP contribution in [0.15, 0.2) is 28.7 Å². The quantitative estimate of drug-likeness (QED) is 0.842. The second-order valence-corrected chi connectivity index (χ2v) is 6.93. The molecule has 0 N–H and O–H groups in total. The van der Waals surface area contributed by atoms with Crippen LogP contribution in [0.5, 0.6) is 0 Å². The molecule has 0 bridgehead atoms. The third-order valence-electron chi connectivity index (χ3n) is 2.88. The van der Waals surface area contributed by atoms with Crippen LogP contribution in [0.1, 0.15) is 24.4 Å². The van der Waals surface area contributed by atoms with E-state index in [-0.39, 0.29) is 6.04 Å². The van der Waals surface area contributed by atoms with E-state index in [2.05, 4.69) is 15.9 Å². The fraction of sp³-hybridized carbons (Fsp3) is 0.455. The van der Waals surface area contributed by atoms with Crippen LogP contribution in [0.3, 0.4) is 0 Å². The number of nitrogens with zero attached hydrogens (tertiary/aromatic N) is 1. The number of hydrogen-bond donors (Lipinski definition) is 0. The Morgan fingerprint density at radius 1 is 1.31 bits per heavy atom. The van der Waals surface area contributed by atoms with Crippen molar-refractivity contribution in [3.05, 3.63) is 34.3 Å². The summed E-state index contributed by atoms with van der Waals surface area (Å²) in [6.45, 7) is 0.638. The van der Waals surface area contributed by atoms with Crippen LogP contribution >= 0.6 is 15.9 Å². The smallest absolute Gasteiger partial charge is 0.211 e. The van der Waals surface area contributed by atoms with Gasteiger partial charge in [0.1, 0.15) is 0 Å². The number of halogens is 1. The first-order valence-corrected chi connectivity index (χ1v) is 7.85. The van der Waals surface area contributed by atoms with Gasteiger partial charge in [-0.3, -0.25) is 0 Å². The predicted molar refractivity (Wildman–Crippen MR) is 67.7 cm³/mol. The molecule has 1 atom stereocenters. The molecule has 1 aliphatic heterocycles. The van der Waals surface area contributed by atoms with Gasteiger partial charge in [-0.15, -0.1) is 0 Å². The van der Waals surface area contributed by atoms with E-state index in [9.17, 15) is 8.42 Å². The molecule has 0 radical (unpaired) electrons. The minimum atomic E-state index is -3.09. The van der Waals surface area contributed by atoms with Gasteiger partial charge in [0.05, 0.1) is 6.26 Å². The second kappa shape index (κ2) is 4.47. The maximum absolute atomic E-state index is 11.6. The maximum Gasteiger partial charge on any atom is 0.211 e. The zero-order valence-electron chi connectivity index (χ0n) is 9.06. The van der Waals surface area contributed by atoms with Crippen molar-refractivity contribution in [2.75, 3.05) is 12.8 Å². The molecule has 88 valence electrons. The second-order valence-electron chi connectivity index (χ2n) is 4.08. The number of benzene rings is 1. The lowest BCUT2D eigenvalue weighted by atomic mass is 10.1. The number of hydrogen-bond acceptors (Lipinski definition) is 2. The van der Waals surface area contributed by atoms with E-state index < -0.39 is 10.0 Å². The van der Waals surface area contributed by atoms with Gasteiger partial charge in [-0.2, -0.15) is 4.31 Å². The lowest BCUT2D eigenvalue weighted by Crippen LogP contribution is -2.29. The monoisotopic (exact) mass is 303 g/mol. The number of rotatable bonds is 2. The van der Waals surface area contributed by atoms with Crippen LogP contribution in [0, 0.1) is 0 Å². The summed E-state index contributed by atoms with van der Waals surface area (Å²) in [5.41, 5.74) is 1.08. The van der Waals surface area contributed by atoms with Gasteiger partial charge in [0, 0.05) is 17.1 Å². The molecule has 0 saturated carbocycles. The topological polar surface area (TPSA) is 37.4 Å². The average Bonchev–Trinajstić information content (AvgIpc) is 2.66. The first kappa shape index (κ1) is 12.1. The van der Waals surface area contributed by atoms with Crippen molar-refractivity contribution in [2.24, 2.45) is 0 Å². The number of sulfonamides is 1. The molecule has 0 aromatic heterocycles. The van der Waals surface area contributed by atoms with E-state index in [1.807, 2.05) is 24.3 Å². The third-order valence-corrected chi connectivity index (χ3v) is 4.70. The van der Waals surface area contributed by atoms with Crippen molar-refractivity contribution in [1.82, 2.24) is 4.31 Å². The fourth-order valence-electron chi connectivity index (χ4n) is 2.16. The van der Waals surface area contributed by atoms with E-state index in [0.717, 1.165) is 22.9 Å². The van der Waals surface area contributed by atoms with E-state index in [4.69, 9.17) is 0 Å². The first-order chi connectivity index (χ1) is 7.48. The Labute approximate surface area is 105 Å². The zero-order valence-corrected chi connectivity index (χ0v) is 11.5. The van der Waals surface area contributed by atoms with Gasteiger partial charge in [0.15, 0.2) is 0 Å². The first-order valence-electron chi connectivity index (χ1n) is 5.21. The molecule has 0 aliphatic carbocycles. The molecule has 1 aliphatic rings. The van der Waals surface area contributed by atoms with Crippen molar-refractivity contribution < 1.29 is 8.42 Å². The van der Waals surface area contributed by atoms with Gasteiger partial charge in [0.25, 0.3) is 0 Å². The minimum absolute atomic E-state index is 0.0168. The Bertz CT molecular complexity index is 469. The van der Waals surface area contributed by atoms with Gasteiger partial charge in [-0.1, -0.05) is 28.1 Å². The summed E-state index contributed by atoms with van der Waals surface area (Å²) in [4.78, 5) is 0. The summed E-state index contributed by atoms with van der Waals surface area (Å²) in [6, 6.07) is 7.89. The van der Waals surface area contributed by atoms with Gasteiger partial charge in [0.2, 0.25) is 10.0 Å². The molecule has 0 spiro atoms. The van der Waals surface area contributed by atoms with Gasteiger partial charge >= 0.3 is 0 Å². The molecule has 5 heteroatoms. The molecule has 0 amide bonds. The van der Waals surface area contributed by atoms with Crippen molar-refractivity contribution in [2.45, 2.75) is 18.9 Å². The zero-order chi connectivity index (χ0) is 11.8. The fourth-order valence-corrected chi connectivity index (χ4v) is 3.57. The summed E-state index contributed by atoms with van der Waals surface area (Å²) in [6.07, 6.45) is 3.13. The molecule has 16 heavy (non-hydrogen) atoms. The SMILES string of the molecule is CS(=O)(=O)N1CCCC1c1ccc(Br)cc1. The highest BCUT2D eigenvalue weighted by molar-refractivity contribution is 9.10. The summed E-state index contributed by atoms with van der Waals surface area (Å²) in [7, 11) is -3.09. The normalized spacial score (nSPS) is 22.5. The van der Waals surface area contributed by atoms with Crippen molar-refractivity contribution >= 4 is 26.0 Å². The van der Waals surface area contributed by atoms with Crippen LogP contribution in [0.2, 0.25) is 0 Å². The van der Waals surface area contributed by atoms with Crippen LogP contribution < -0.4 is 0 Å². The molecule has 1 heterocycles. The van der Waals surface area contributed by atoms with Gasteiger partial charge in [-0.05, 0) is 30.5 Å². The summed E-state index contributed by atoms with van der Waals surface area (Å²) >= 11 is 3.38. The lowest BCUT2D eigenvalue weighted by molar-refractivity contribution is 0.400. The highest BCUT2D eigenvalue weighted by Gasteiger charge is 2.32. The van der Waals surface area contributed by atoms with Gasteiger partial charge < -0.3 is 0 Å². The molecule has 1 unspecified atom stereocenters. The van der Waals surface area contributed by atoms with Crippen LogP contribution in [-0.4, -0.2) is 25.5 Å². The molecular formula is C11H14BrNO2S. The van der Waals surface area contributed by atoms with Crippen molar-refractivity contribution in [1.29, 1.82) is 0 Å². The third kappa shape index (κ3) is 2.47. The summed E-state index contributed by atoms with van der Waals surface area (Å²) in [5, 5.41) is 0. The molecule has 1 aromatic carbocycles. The van der Waals surface area contributed by atoms with Crippen LogP contribution in [0.25, 0.3) is 0 Å². The minimum Gasteiger partial charge on any atom is -0.212 e. The lowest BCUT2D eigenvalue weighted by Gasteiger charge is -2.22. The highest BCUT2D eigenvalue weighted by Crippen LogP contribution is 2.34. The van der Waals surface area contributed by atoms with E-state index in [0.29, 0.717) is 6.54 Å². The Hall–Kier alpha value is -0.390. The molecule has 1 aromatic rings. The molecule has 3 nitrogen and oxygen atoms in total. The van der Waals surface area contributed by atoms with Crippen LogP contribution in [0.4, 0.5) is 0 Å². The van der Waals surface area contributed by atoms with Crippen molar-refractivity contribution in [3.63, 3.8) is 0 Å². The highest BCUT2D eigenvalue weighted by atomic mass is 79.9. The Morgan fingerprint density at radius 2 is 1.94 bits per heavy atom. The maximum atomic E-state index is 11.6. The van der Waals surface area contributed by atoms with E-state index >= 15 is 0 Å². The molecule has 1 fully saturated rings. The van der Waals surface area contributed by atoms with E-state index in [1.165, 1.54) is 6.26 Å². The molecule has 1 saturated heterocycles. The standard InChI is InChI=1S/C11H14BrNO2S/c1-16(14,15)13-8-2-3-11(13)9-4-6-10(12)7-5-9/h4-7,11H,2-3,8H2,1H3. The van der Waals surface area contributed by atoms with Crippen LogP contribution in [-0.2, 0) is 10.0 Å². The Balaban J connectivity index is 2.30.